The number of aromatic nitrogens is 4. The van der Waals surface area contributed by atoms with Gasteiger partial charge in [0.25, 0.3) is 0 Å². The number of fused-ring (bicyclic) bond motifs is 1. The molecule has 0 aliphatic rings. The molecule has 2 aromatic heterocycles. The molecule has 0 saturated carbocycles. The van der Waals surface area contributed by atoms with Crippen molar-refractivity contribution in [3.8, 4) is 0 Å². The lowest BCUT2D eigenvalue weighted by molar-refractivity contribution is 0.276. The summed E-state index contributed by atoms with van der Waals surface area (Å²) in [7, 11) is 0. The summed E-state index contributed by atoms with van der Waals surface area (Å²) in [6, 6.07) is 9.83. The molecule has 6 nitrogen and oxygen atoms in total. The van der Waals surface area contributed by atoms with Crippen LogP contribution in [0.1, 0.15) is 31.5 Å². The summed E-state index contributed by atoms with van der Waals surface area (Å²) in [4.78, 5) is 13.4. The van der Waals surface area contributed by atoms with Gasteiger partial charge in [-0.15, -0.1) is 0 Å². The van der Waals surface area contributed by atoms with Crippen LogP contribution in [0.2, 0.25) is 0 Å². The number of nitrogens with one attached hydrogen (secondary N) is 1. The zero-order valence-corrected chi connectivity index (χ0v) is 15.1. The summed E-state index contributed by atoms with van der Waals surface area (Å²) >= 11 is 2.10. The number of imidazole rings is 1. The topological polar surface area (TPSA) is 75.9 Å². The fraction of sp³-hybridized carbons (Fsp3) is 0.312. The number of aliphatic hydroxyl groups excluding tert-OH is 1. The Kier molecular flexibility index (Phi) is 4.76. The number of hydrogen-bond donors (Lipinski definition) is 2. The van der Waals surface area contributed by atoms with Crippen molar-refractivity contribution in [1.82, 2.24) is 19.5 Å². The molecule has 2 N–H and O–H groups in total. The average Bonchev–Trinajstić information content (AvgIpc) is 2.97. The molecule has 23 heavy (non-hydrogen) atoms. The Hall–Kier alpha value is -1.74. The Morgan fingerprint density at radius 2 is 1.96 bits per heavy atom. The van der Waals surface area contributed by atoms with Crippen LogP contribution in [0.25, 0.3) is 11.2 Å². The van der Waals surface area contributed by atoms with E-state index >= 15 is 0 Å². The standard InChI is InChI=1S/C16H18IN5O/c1-10(2)22-9-18-13-14(20-16(17)21-15(13)22)19-12(8-23)11-6-4-3-5-7-11/h3-7,9-10,12,23H,8H2,1-2H3,(H,19,20,21)/t12-/m1/s1. The van der Waals surface area contributed by atoms with Gasteiger partial charge in [-0.2, -0.15) is 0 Å². The average molecular weight is 423 g/mol. The van der Waals surface area contributed by atoms with Gasteiger partial charge in [0.15, 0.2) is 20.8 Å². The van der Waals surface area contributed by atoms with E-state index in [2.05, 4.69) is 56.7 Å². The lowest BCUT2D eigenvalue weighted by atomic mass is 10.1. The quantitative estimate of drug-likeness (QED) is 0.487. The molecule has 0 amide bonds. The molecule has 3 aromatic rings. The van der Waals surface area contributed by atoms with Gasteiger partial charge >= 0.3 is 0 Å². The zero-order valence-electron chi connectivity index (χ0n) is 12.9. The summed E-state index contributed by atoms with van der Waals surface area (Å²) in [5, 5.41) is 13.0. The van der Waals surface area contributed by atoms with Crippen LogP contribution in [0.15, 0.2) is 36.7 Å². The van der Waals surface area contributed by atoms with Gasteiger partial charge in [0, 0.05) is 28.6 Å². The van der Waals surface area contributed by atoms with Gasteiger partial charge in [-0.25, -0.2) is 15.0 Å². The molecule has 0 fully saturated rings. The van der Waals surface area contributed by atoms with E-state index in [1.165, 1.54) is 0 Å². The molecule has 0 saturated heterocycles. The Bertz CT molecular complexity index is 803. The summed E-state index contributed by atoms with van der Waals surface area (Å²) < 4.78 is 2.66. The lowest BCUT2D eigenvalue weighted by Gasteiger charge is -2.17. The van der Waals surface area contributed by atoms with Gasteiger partial charge in [0.1, 0.15) is 0 Å². The van der Waals surface area contributed by atoms with Crippen LogP contribution < -0.4 is 5.32 Å². The molecular formula is C16H18IN5O. The Balaban J connectivity index is 2.02. The maximum atomic E-state index is 9.74. The molecule has 7 heteroatoms. The number of nitrogens with zero attached hydrogens (tertiary/aromatic N) is 4. The number of benzene rings is 1. The van der Waals surface area contributed by atoms with Crippen LogP contribution in [-0.4, -0.2) is 31.2 Å². The first-order chi connectivity index (χ1) is 11.1. The molecule has 1 atom stereocenters. The molecule has 0 bridgehead atoms. The number of anilines is 1. The summed E-state index contributed by atoms with van der Waals surface area (Å²) in [5.41, 5.74) is 2.51. The third-order valence-corrected chi connectivity index (χ3v) is 4.13. The fourth-order valence-electron chi connectivity index (χ4n) is 2.45. The highest BCUT2D eigenvalue weighted by Gasteiger charge is 2.17. The third kappa shape index (κ3) is 3.30. The van der Waals surface area contributed by atoms with Gasteiger partial charge < -0.3 is 15.0 Å². The largest absolute Gasteiger partial charge is 0.394 e. The first kappa shape index (κ1) is 16.1. The van der Waals surface area contributed by atoms with E-state index in [9.17, 15) is 5.11 Å². The van der Waals surface area contributed by atoms with Crippen LogP contribution in [0.5, 0.6) is 0 Å². The van der Waals surface area contributed by atoms with Gasteiger partial charge in [-0.05, 0) is 19.4 Å². The van der Waals surface area contributed by atoms with E-state index in [-0.39, 0.29) is 18.7 Å². The number of aliphatic hydroxyl groups is 1. The van der Waals surface area contributed by atoms with E-state index in [4.69, 9.17) is 0 Å². The SMILES string of the molecule is CC(C)n1cnc2c(N[C@H](CO)c3ccccc3)nc(I)nc21. The predicted octanol–water partition coefficient (Wildman–Crippen LogP) is 3.16. The highest BCUT2D eigenvalue weighted by atomic mass is 127. The van der Waals surface area contributed by atoms with E-state index < -0.39 is 0 Å². The minimum Gasteiger partial charge on any atom is -0.394 e. The second-order valence-electron chi connectivity index (χ2n) is 5.55. The molecule has 0 aliphatic heterocycles. The van der Waals surface area contributed by atoms with Gasteiger partial charge in [0.05, 0.1) is 19.0 Å². The molecule has 3 rings (SSSR count). The summed E-state index contributed by atoms with van der Waals surface area (Å²) in [6.45, 7) is 4.14. The minimum absolute atomic E-state index is 0.0308. The molecule has 0 aliphatic carbocycles. The van der Waals surface area contributed by atoms with Gasteiger partial charge in [-0.3, -0.25) is 0 Å². The second kappa shape index (κ2) is 6.79. The third-order valence-electron chi connectivity index (χ3n) is 3.65. The van der Waals surface area contributed by atoms with Crippen LogP contribution >= 0.6 is 22.6 Å². The fourth-order valence-corrected chi connectivity index (χ4v) is 2.92. The highest BCUT2D eigenvalue weighted by molar-refractivity contribution is 14.1. The maximum Gasteiger partial charge on any atom is 0.194 e. The molecule has 120 valence electrons. The van der Waals surface area contributed by atoms with Crippen LogP contribution in [0, 0.1) is 3.83 Å². The molecule has 0 radical (unpaired) electrons. The first-order valence-corrected chi connectivity index (χ1v) is 8.50. The van der Waals surface area contributed by atoms with E-state index in [0.717, 1.165) is 11.2 Å². The molecule has 0 spiro atoms. The van der Waals surface area contributed by atoms with Crippen molar-refractivity contribution in [1.29, 1.82) is 0 Å². The first-order valence-electron chi connectivity index (χ1n) is 7.42. The van der Waals surface area contributed by atoms with Gasteiger partial charge in [0.2, 0.25) is 0 Å². The van der Waals surface area contributed by atoms with E-state index in [1.807, 2.05) is 34.9 Å². The van der Waals surface area contributed by atoms with Crippen molar-refractivity contribution in [3.05, 3.63) is 46.1 Å². The molecule has 0 unspecified atom stereocenters. The van der Waals surface area contributed by atoms with Crippen molar-refractivity contribution >= 4 is 39.6 Å². The predicted molar refractivity (Wildman–Crippen MR) is 98.3 cm³/mol. The number of halogens is 1. The van der Waals surface area contributed by atoms with Crippen molar-refractivity contribution in [3.63, 3.8) is 0 Å². The summed E-state index contributed by atoms with van der Waals surface area (Å²) in [5.74, 6) is 0.640. The van der Waals surface area contributed by atoms with Crippen molar-refractivity contribution in [2.45, 2.75) is 25.9 Å². The van der Waals surface area contributed by atoms with Crippen LogP contribution in [0.4, 0.5) is 5.82 Å². The maximum absolute atomic E-state index is 9.74. The molecular weight excluding hydrogens is 405 g/mol. The van der Waals surface area contributed by atoms with Crippen molar-refractivity contribution < 1.29 is 5.11 Å². The smallest absolute Gasteiger partial charge is 0.194 e. The Labute approximate surface area is 148 Å². The van der Waals surface area contributed by atoms with E-state index in [0.29, 0.717) is 15.2 Å². The van der Waals surface area contributed by atoms with Crippen molar-refractivity contribution in [2.24, 2.45) is 0 Å². The highest BCUT2D eigenvalue weighted by Crippen LogP contribution is 2.25. The monoisotopic (exact) mass is 423 g/mol. The summed E-state index contributed by atoms with van der Waals surface area (Å²) in [6.07, 6.45) is 1.78. The van der Waals surface area contributed by atoms with E-state index in [1.54, 1.807) is 6.33 Å². The van der Waals surface area contributed by atoms with Crippen LogP contribution in [-0.2, 0) is 0 Å². The normalized spacial score (nSPS) is 12.7. The minimum atomic E-state index is -0.241. The Morgan fingerprint density at radius 1 is 1.22 bits per heavy atom. The van der Waals surface area contributed by atoms with Crippen molar-refractivity contribution in [2.75, 3.05) is 11.9 Å². The lowest BCUT2D eigenvalue weighted by Crippen LogP contribution is -2.16. The molecule has 2 heterocycles. The second-order valence-corrected chi connectivity index (χ2v) is 6.51. The van der Waals surface area contributed by atoms with Crippen LogP contribution in [0.3, 0.4) is 0 Å². The number of hydrogen-bond acceptors (Lipinski definition) is 5. The number of rotatable bonds is 5. The zero-order chi connectivity index (χ0) is 16.4. The van der Waals surface area contributed by atoms with Gasteiger partial charge in [-0.1, -0.05) is 30.3 Å². The molecule has 1 aromatic carbocycles. The Morgan fingerprint density at radius 3 is 2.61 bits per heavy atom.